The van der Waals surface area contributed by atoms with Crippen LogP contribution in [0.1, 0.15) is 50.5 Å². The van der Waals surface area contributed by atoms with Gasteiger partial charge in [-0.1, -0.05) is 18.2 Å². The van der Waals surface area contributed by atoms with Gasteiger partial charge < -0.3 is 10.1 Å². The molecule has 0 aromatic heterocycles. The molecule has 2 N–H and O–H groups in total. The standard InChI is InChI=1S/C22H21N3O6/c1-4-23-22(30)24-18(26)13(3)31-21(29)14-9-10-15-16(11-14)20(28)25(19(15)27)17-8-6-5-7-12(17)2/h5-11,13H,4H2,1-3H3,(H2,23,24,26,30)/t13-/m0/s1. The van der Waals surface area contributed by atoms with Crippen LogP contribution in [-0.4, -0.2) is 42.4 Å². The van der Waals surface area contributed by atoms with Gasteiger partial charge in [0, 0.05) is 6.54 Å². The molecule has 1 atom stereocenters. The topological polar surface area (TPSA) is 122 Å². The highest BCUT2D eigenvalue weighted by atomic mass is 16.5. The quantitative estimate of drug-likeness (QED) is 0.562. The number of esters is 1. The van der Waals surface area contributed by atoms with Gasteiger partial charge in [0.25, 0.3) is 17.7 Å². The van der Waals surface area contributed by atoms with E-state index in [1.165, 1.54) is 25.1 Å². The summed E-state index contributed by atoms with van der Waals surface area (Å²) in [7, 11) is 0. The highest BCUT2D eigenvalue weighted by Crippen LogP contribution is 2.31. The Kier molecular flexibility index (Phi) is 6.15. The fraction of sp³-hybridized carbons (Fsp3) is 0.227. The normalized spacial score (nSPS) is 13.5. The van der Waals surface area contributed by atoms with Crippen LogP contribution in [0.25, 0.3) is 0 Å². The molecule has 0 spiro atoms. The van der Waals surface area contributed by atoms with E-state index in [4.69, 9.17) is 4.74 Å². The number of rotatable bonds is 5. The van der Waals surface area contributed by atoms with Crippen molar-refractivity contribution < 1.29 is 28.7 Å². The number of nitrogens with zero attached hydrogens (tertiary/aromatic N) is 1. The Morgan fingerprint density at radius 1 is 1.03 bits per heavy atom. The Balaban J connectivity index is 1.77. The minimum Gasteiger partial charge on any atom is -0.449 e. The van der Waals surface area contributed by atoms with Crippen molar-refractivity contribution in [2.24, 2.45) is 0 Å². The lowest BCUT2D eigenvalue weighted by Gasteiger charge is -2.16. The first kappa shape index (κ1) is 21.7. The third-order valence-corrected chi connectivity index (χ3v) is 4.71. The van der Waals surface area contributed by atoms with Gasteiger partial charge >= 0.3 is 12.0 Å². The molecule has 0 fully saturated rings. The highest BCUT2D eigenvalue weighted by Gasteiger charge is 2.38. The molecule has 2 aromatic rings. The fourth-order valence-electron chi connectivity index (χ4n) is 3.10. The first-order chi connectivity index (χ1) is 14.7. The zero-order valence-corrected chi connectivity index (χ0v) is 17.2. The number of para-hydroxylation sites is 1. The molecular weight excluding hydrogens is 402 g/mol. The molecule has 0 radical (unpaired) electrons. The summed E-state index contributed by atoms with van der Waals surface area (Å²) in [5.74, 6) is -2.69. The molecular formula is C22H21N3O6. The molecule has 160 valence electrons. The minimum atomic E-state index is -1.25. The lowest BCUT2D eigenvalue weighted by atomic mass is 10.1. The number of amides is 5. The molecule has 0 aliphatic carbocycles. The molecule has 1 aliphatic rings. The third-order valence-electron chi connectivity index (χ3n) is 4.71. The van der Waals surface area contributed by atoms with Crippen LogP contribution in [0.5, 0.6) is 0 Å². The monoisotopic (exact) mass is 423 g/mol. The van der Waals surface area contributed by atoms with E-state index in [0.717, 1.165) is 10.5 Å². The minimum absolute atomic E-state index is 0.00388. The average molecular weight is 423 g/mol. The average Bonchev–Trinajstić information content (AvgIpc) is 2.98. The molecule has 9 nitrogen and oxygen atoms in total. The summed E-state index contributed by atoms with van der Waals surface area (Å²) in [4.78, 5) is 62.6. The van der Waals surface area contributed by atoms with Crippen LogP contribution >= 0.6 is 0 Å². The molecule has 1 aliphatic heterocycles. The van der Waals surface area contributed by atoms with Crippen LogP contribution < -0.4 is 15.5 Å². The second kappa shape index (κ2) is 8.78. The van der Waals surface area contributed by atoms with E-state index in [-0.39, 0.29) is 16.7 Å². The summed E-state index contributed by atoms with van der Waals surface area (Å²) in [5, 5.41) is 4.44. The summed E-state index contributed by atoms with van der Waals surface area (Å²) in [6.07, 6.45) is -1.25. The van der Waals surface area contributed by atoms with Crippen LogP contribution in [0, 0.1) is 6.92 Å². The number of carbonyl (C=O) groups is 5. The number of hydrogen-bond donors (Lipinski definition) is 2. The predicted molar refractivity (Wildman–Crippen MR) is 111 cm³/mol. The summed E-state index contributed by atoms with van der Waals surface area (Å²) >= 11 is 0. The molecule has 0 saturated heterocycles. The van der Waals surface area contributed by atoms with Gasteiger partial charge in [-0.05, 0) is 50.6 Å². The van der Waals surface area contributed by atoms with E-state index in [0.29, 0.717) is 12.2 Å². The molecule has 9 heteroatoms. The van der Waals surface area contributed by atoms with Crippen molar-refractivity contribution in [3.8, 4) is 0 Å². The van der Waals surface area contributed by atoms with Crippen LogP contribution in [0.2, 0.25) is 0 Å². The number of aryl methyl sites for hydroxylation is 1. The maximum atomic E-state index is 12.9. The zero-order valence-electron chi connectivity index (χ0n) is 17.2. The molecule has 5 amide bonds. The number of urea groups is 1. The second-order valence-corrected chi connectivity index (χ2v) is 6.89. The largest absolute Gasteiger partial charge is 0.449 e. The maximum absolute atomic E-state index is 12.9. The van der Waals surface area contributed by atoms with Crippen molar-refractivity contribution in [3.63, 3.8) is 0 Å². The zero-order chi connectivity index (χ0) is 22.7. The van der Waals surface area contributed by atoms with Gasteiger partial charge in [-0.2, -0.15) is 0 Å². The van der Waals surface area contributed by atoms with Crippen molar-refractivity contribution >= 4 is 35.4 Å². The Bertz CT molecular complexity index is 1090. The molecule has 0 bridgehead atoms. The first-order valence-corrected chi connectivity index (χ1v) is 9.62. The van der Waals surface area contributed by atoms with Gasteiger partial charge in [-0.15, -0.1) is 0 Å². The lowest BCUT2D eigenvalue weighted by Crippen LogP contribution is -2.44. The SMILES string of the molecule is CCNC(=O)NC(=O)[C@H](C)OC(=O)c1ccc2c(c1)C(=O)N(c1ccccc1C)C2=O. The number of benzene rings is 2. The first-order valence-electron chi connectivity index (χ1n) is 9.62. The molecule has 1 heterocycles. The third kappa shape index (κ3) is 4.30. The molecule has 0 unspecified atom stereocenters. The molecule has 3 rings (SSSR count). The molecule has 2 aromatic carbocycles. The van der Waals surface area contributed by atoms with Crippen LogP contribution in [0.4, 0.5) is 10.5 Å². The Labute approximate surface area is 178 Å². The summed E-state index contributed by atoms with van der Waals surface area (Å²) in [6.45, 7) is 5.12. The Hall–Kier alpha value is -4.01. The van der Waals surface area contributed by atoms with E-state index < -0.39 is 35.8 Å². The van der Waals surface area contributed by atoms with Gasteiger partial charge in [0.15, 0.2) is 6.10 Å². The summed E-state index contributed by atoms with van der Waals surface area (Å²) in [5.41, 5.74) is 1.47. The van der Waals surface area contributed by atoms with E-state index >= 15 is 0 Å². The highest BCUT2D eigenvalue weighted by molar-refractivity contribution is 6.35. The van der Waals surface area contributed by atoms with Gasteiger partial charge in [-0.25, -0.2) is 14.5 Å². The lowest BCUT2D eigenvalue weighted by molar-refractivity contribution is -0.127. The van der Waals surface area contributed by atoms with Crippen molar-refractivity contribution in [3.05, 3.63) is 64.7 Å². The van der Waals surface area contributed by atoms with Gasteiger partial charge in [0.1, 0.15) is 0 Å². The maximum Gasteiger partial charge on any atom is 0.338 e. The van der Waals surface area contributed by atoms with Gasteiger partial charge in [0.05, 0.1) is 22.4 Å². The number of imide groups is 2. The van der Waals surface area contributed by atoms with Crippen LogP contribution in [0.15, 0.2) is 42.5 Å². The van der Waals surface area contributed by atoms with Crippen LogP contribution in [0.3, 0.4) is 0 Å². The Morgan fingerprint density at radius 2 is 1.71 bits per heavy atom. The summed E-state index contributed by atoms with van der Waals surface area (Å²) < 4.78 is 5.09. The van der Waals surface area contributed by atoms with Crippen molar-refractivity contribution in [1.29, 1.82) is 0 Å². The number of ether oxygens (including phenoxy) is 1. The van der Waals surface area contributed by atoms with Gasteiger partial charge in [-0.3, -0.25) is 19.7 Å². The number of nitrogens with one attached hydrogen (secondary N) is 2. The van der Waals surface area contributed by atoms with Crippen LogP contribution in [-0.2, 0) is 9.53 Å². The van der Waals surface area contributed by atoms with E-state index in [2.05, 4.69) is 5.32 Å². The van der Waals surface area contributed by atoms with Crippen molar-refractivity contribution in [2.75, 3.05) is 11.4 Å². The summed E-state index contributed by atoms with van der Waals surface area (Å²) in [6, 6.07) is 10.3. The van der Waals surface area contributed by atoms with Crippen molar-refractivity contribution in [1.82, 2.24) is 10.6 Å². The van der Waals surface area contributed by atoms with E-state index in [9.17, 15) is 24.0 Å². The smallest absolute Gasteiger partial charge is 0.338 e. The van der Waals surface area contributed by atoms with E-state index in [1.807, 2.05) is 5.32 Å². The molecule has 31 heavy (non-hydrogen) atoms. The number of anilines is 1. The Morgan fingerprint density at radius 3 is 2.39 bits per heavy atom. The number of carbonyl (C=O) groups excluding carboxylic acids is 5. The predicted octanol–water partition coefficient (Wildman–Crippen LogP) is 2.19. The second-order valence-electron chi connectivity index (χ2n) is 6.89. The van der Waals surface area contributed by atoms with E-state index in [1.54, 1.807) is 38.1 Å². The fourth-order valence-corrected chi connectivity index (χ4v) is 3.10. The van der Waals surface area contributed by atoms with Crippen molar-refractivity contribution in [2.45, 2.75) is 26.9 Å². The molecule has 0 saturated carbocycles. The number of fused-ring (bicyclic) bond motifs is 1. The van der Waals surface area contributed by atoms with Gasteiger partial charge in [0.2, 0.25) is 0 Å². The number of hydrogen-bond acceptors (Lipinski definition) is 6.